The highest BCUT2D eigenvalue weighted by Crippen LogP contribution is 2.27. The third-order valence-corrected chi connectivity index (χ3v) is 3.00. The van der Waals surface area contributed by atoms with Gasteiger partial charge in [0.2, 0.25) is 0 Å². The lowest BCUT2D eigenvalue weighted by Gasteiger charge is -2.09. The van der Waals surface area contributed by atoms with Crippen LogP contribution in [0.1, 0.15) is 6.92 Å². The van der Waals surface area contributed by atoms with Crippen molar-refractivity contribution in [1.29, 1.82) is 0 Å². The lowest BCUT2D eigenvalue weighted by Crippen LogP contribution is -2.14. The van der Waals surface area contributed by atoms with Gasteiger partial charge >= 0.3 is 0 Å². The molecule has 0 saturated carbocycles. The van der Waals surface area contributed by atoms with Crippen LogP contribution in [0.4, 0.5) is 5.69 Å². The van der Waals surface area contributed by atoms with E-state index in [-0.39, 0.29) is 10.3 Å². The summed E-state index contributed by atoms with van der Waals surface area (Å²) >= 11 is 8.21. The summed E-state index contributed by atoms with van der Waals surface area (Å²) in [7, 11) is 0. The number of rotatable bonds is 3. The minimum Gasteiger partial charge on any atom is -0.385 e. The van der Waals surface area contributed by atoms with Crippen LogP contribution in [0.5, 0.6) is 0 Å². The van der Waals surface area contributed by atoms with E-state index in [9.17, 15) is 4.79 Å². The van der Waals surface area contributed by atoms with Gasteiger partial charge in [0.25, 0.3) is 5.56 Å². The van der Waals surface area contributed by atoms with Gasteiger partial charge in [0.1, 0.15) is 0 Å². The summed E-state index contributed by atoms with van der Waals surface area (Å²) in [5, 5.41) is 9.78. The van der Waals surface area contributed by atoms with Crippen molar-refractivity contribution in [3.63, 3.8) is 0 Å². The molecule has 0 aliphatic rings. The second-order valence-electron chi connectivity index (χ2n) is 3.58. The van der Waals surface area contributed by atoms with Gasteiger partial charge in [0.15, 0.2) is 10.5 Å². The fraction of sp³-hybridized carbons (Fsp3) is 0.182. The van der Waals surface area contributed by atoms with Crippen molar-refractivity contribution in [3.8, 4) is 11.3 Å². The molecule has 7 heteroatoms. The van der Waals surface area contributed by atoms with Crippen molar-refractivity contribution in [2.75, 3.05) is 11.9 Å². The van der Waals surface area contributed by atoms with E-state index in [1.807, 2.05) is 25.1 Å². The van der Waals surface area contributed by atoms with Gasteiger partial charge in [-0.1, -0.05) is 15.9 Å². The van der Waals surface area contributed by atoms with Gasteiger partial charge in [-0.3, -0.25) is 14.9 Å². The summed E-state index contributed by atoms with van der Waals surface area (Å²) in [4.78, 5) is 14.4. The Labute approximate surface area is 117 Å². The zero-order chi connectivity index (χ0) is 13.1. The zero-order valence-corrected chi connectivity index (χ0v) is 12.0. The van der Waals surface area contributed by atoms with Crippen molar-refractivity contribution in [2.24, 2.45) is 0 Å². The second-order valence-corrected chi connectivity index (χ2v) is 4.90. The van der Waals surface area contributed by atoms with Gasteiger partial charge in [0.05, 0.1) is 0 Å². The maximum Gasteiger partial charge on any atom is 0.278 e. The molecular formula is C11H11BrN4OS. The van der Waals surface area contributed by atoms with Crippen molar-refractivity contribution < 1.29 is 0 Å². The molecule has 0 aliphatic carbocycles. The van der Waals surface area contributed by atoms with Gasteiger partial charge in [-0.2, -0.15) is 5.10 Å². The van der Waals surface area contributed by atoms with Crippen LogP contribution in [0.2, 0.25) is 0 Å². The van der Waals surface area contributed by atoms with E-state index in [4.69, 9.17) is 12.2 Å². The molecule has 0 spiro atoms. The van der Waals surface area contributed by atoms with Gasteiger partial charge < -0.3 is 5.32 Å². The summed E-state index contributed by atoms with van der Waals surface area (Å²) in [5.41, 5.74) is 1.57. The van der Waals surface area contributed by atoms with Crippen molar-refractivity contribution >= 4 is 33.8 Å². The fourth-order valence-corrected chi connectivity index (χ4v) is 2.09. The van der Waals surface area contributed by atoms with Crippen LogP contribution in [0, 0.1) is 4.77 Å². The van der Waals surface area contributed by atoms with E-state index in [0.29, 0.717) is 5.69 Å². The lowest BCUT2D eigenvalue weighted by atomic mass is 10.1. The van der Waals surface area contributed by atoms with Gasteiger partial charge in [0, 0.05) is 22.3 Å². The first-order chi connectivity index (χ1) is 8.61. The van der Waals surface area contributed by atoms with Crippen LogP contribution in [0.15, 0.2) is 27.5 Å². The Morgan fingerprint density at radius 2 is 2.28 bits per heavy atom. The van der Waals surface area contributed by atoms with Crippen molar-refractivity contribution in [3.05, 3.63) is 37.8 Å². The molecule has 0 saturated heterocycles. The molecule has 0 fully saturated rings. The Hall–Kier alpha value is -1.47. The van der Waals surface area contributed by atoms with Crippen molar-refractivity contribution in [1.82, 2.24) is 15.2 Å². The van der Waals surface area contributed by atoms with Gasteiger partial charge in [-0.15, -0.1) is 0 Å². The number of H-pyrrole nitrogens is 2. The summed E-state index contributed by atoms with van der Waals surface area (Å²) in [6.07, 6.45) is 0. The van der Waals surface area contributed by atoms with E-state index in [1.165, 1.54) is 0 Å². The maximum atomic E-state index is 11.9. The Morgan fingerprint density at radius 1 is 1.50 bits per heavy atom. The van der Waals surface area contributed by atoms with Crippen LogP contribution < -0.4 is 10.9 Å². The van der Waals surface area contributed by atoms with Gasteiger partial charge in [-0.25, -0.2) is 0 Å². The Bertz CT molecular complexity index is 679. The molecule has 18 heavy (non-hydrogen) atoms. The molecule has 0 aliphatic heterocycles. The Kier molecular flexibility index (Phi) is 3.93. The average Bonchev–Trinajstić information content (AvgIpc) is 2.32. The minimum atomic E-state index is -0.309. The predicted molar refractivity (Wildman–Crippen MR) is 77.3 cm³/mol. The molecule has 2 aromatic rings. The molecule has 1 aromatic carbocycles. The molecule has 0 radical (unpaired) electrons. The van der Waals surface area contributed by atoms with E-state index >= 15 is 0 Å². The highest BCUT2D eigenvalue weighted by Gasteiger charge is 2.11. The number of halogens is 1. The summed E-state index contributed by atoms with van der Waals surface area (Å²) < 4.78 is 1.09. The molecule has 0 atom stereocenters. The molecule has 0 amide bonds. The number of benzene rings is 1. The summed E-state index contributed by atoms with van der Waals surface area (Å²) in [5.74, 6) is 0. The minimum absolute atomic E-state index is 0.212. The Morgan fingerprint density at radius 3 is 2.94 bits per heavy atom. The van der Waals surface area contributed by atoms with E-state index in [1.54, 1.807) is 0 Å². The molecule has 3 N–H and O–H groups in total. The van der Waals surface area contributed by atoms with Crippen LogP contribution >= 0.6 is 28.1 Å². The number of nitrogens with one attached hydrogen (secondary N) is 3. The molecule has 1 aromatic heterocycles. The normalized spacial score (nSPS) is 10.3. The van der Waals surface area contributed by atoms with E-state index in [2.05, 4.69) is 36.4 Å². The van der Waals surface area contributed by atoms with Crippen LogP contribution in [0.25, 0.3) is 11.3 Å². The average molecular weight is 327 g/mol. The monoisotopic (exact) mass is 326 g/mol. The first-order valence-electron chi connectivity index (χ1n) is 5.34. The van der Waals surface area contributed by atoms with Crippen LogP contribution in [-0.4, -0.2) is 21.7 Å². The number of anilines is 1. The smallest absolute Gasteiger partial charge is 0.278 e. The first-order valence-corrected chi connectivity index (χ1v) is 6.54. The molecule has 0 unspecified atom stereocenters. The van der Waals surface area contributed by atoms with E-state index in [0.717, 1.165) is 22.3 Å². The number of hydrogen-bond acceptors (Lipinski definition) is 4. The number of aromatic amines is 2. The molecular weight excluding hydrogens is 316 g/mol. The molecule has 94 valence electrons. The van der Waals surface area contributed by atoms with Crippen LogP contribution in [-0.2, 0) is 0 Å². The molecule has 1 heterocycles. The third-order valence-electron chi connectivity index (χ3n) is 2.32. The largest absolute Gasteiger partial charge is 0.385 e. The fourth-order valence-electron chi connectivity index (χ4n) is 1.59. The molecule has 2 rings (SSSR count). The standard InChI is InChI=1S/C11H11BrN4OS/c1-2-13-8-4-3-6(12)5-7(8)9-10(17)14-11(18)16-15-9/h3-5,13H,2H2,1H3,(H2,14,16,17,18). The quantitative estimate of drug-likeness (QED) is 0.758. The van der Waals surface area contributed by atoms with E-state index < -0.39 is 0 Å². The highest BCUT2D eigenvalue weighted by atomic mass is 79.9. The third kappa shape index (κ3) is 2.68. The highest BCUT2D eigenvalue weighted by molar-refractivity contribution is 9.10. The Balaban J connectivity index is 2.65. The number of aromatic nitrogens is 3. The SMILES string of the molecule is CCNc1ccc(Br)cc1-c1n[nH]c(=S)[nH]c1=O. The second kappa shape index (κ2) is 5.45. The first kappa shape index (κ1) is 13.0. The molecule has 5 nitrogen and oxygen atoms in total. The van der Waals surface area contributed by atoms with Crippen molar-refractivity contribution in [2.45, 2.75) is 6.92 Å². The molecule has 0 bridgehead atoms. The predicted octanol–water partition coefficient (Wildman–Crippen LogP) is 2.69. The number of nitrogens with zero attached hydrogens (tertiary/aromatic N) is 1. The summed E-state index contributed by atoms with van der Waals surface area (Å²) in [6.45, 7) is 2.75. The summed E-state index contributed by atoms with van der Waals surface area (Å²) in [6, 6.07) is 5.64. The van der Waals surface area contributed by atoms with Crippen LogP contribution in [0.3, 0.4) is 0 Å². The zero-order valence-electron chi connectivity index (χ0n) is 9.58. The topological polar surface area (TPSA) is 73.6 Å². The van der Waals surface area contributed by atoms with Gasteiger partial charge in [-0.05, 0) is 37.3 Å². The number of hydrogen-bond donors (Lipinski definition) is 3. The maximum absolute atomic E-state index is 11.9. The lowest BCUT2D eigenvalue weighted by molar-refractivity contribution is 0.931.